The Bertz CT molecular complexity index is 495. The Morgan fingerprint density at radius 2 is 2.00 bits per heavy atom. The van der Waals surface area contributed by atoms with E-state index in [1.165, 1.54) is 0 Å². The van der Waals surface area contributed by atoms with Crippen molar-refractivity contribution in [2.45, 2.75) is 33.2 Å². The van der Waals surface area contributed by atoms with Crippen LogP contribution in [0.3, 0.4) is 0 Å². The predicted molar refractivity (Wildman–Crippen MR) is 86.2 cm³/mol. The molecule has 5 heteroatoms. The predicted octanol–water partition coefficient (Wildman–Crippen LogP) is 1.84. The number of piperazine rings is 1. The maximum Gasteiger partial charge on any atom is 0.254 e. The van der Waals surface area contributed by atoms with E-state index in [1.54, 1.807) is 0 Å². The molecule has 0 bridgehead atoms. The first-order chi connectivity index (χ1) is 10.1. The van der Waals surface area contributed by atoms with Gasteiger partial charge in [0, 0.05) is 43.5 Å². The van der Waals surface area contributed by atoms with Crippen molar-refractivity contribution in [3.63, 3.8) is 0 Å². The molecule has 1 amide bonds. The van der Waals surface area contributed by atoms with Crippen LogP contribution in [0.2, 0.25) is 0 Å². The third kappa shape index (κ3) is 3.54. The van der Waals surface area contributed by atoms with Gasteiger partial charge in [-0.2, -0.15) is 0 Å². The molecule has 116 valence electrons. The summed E-state index contributed by atoms with van der Waals surface area (Å²) in [6.07, 6.45) is 1.15. The highest BCUT2D eigenvalue weighted by atomic mass is 16.2. The molecular weight excluding hydrogens is 264 g/mol. The summed E-state index contributed by atoms with van der Waals surface area (Å²) in [5.74, 6) is 5.52. The summed E-state index contributed by atoms with van der Waals surface area (Å²) in [6, 6.07) is 6.20. The summed E-state index contributed by atoms with van der Waals surface area (Å²) in [5, 5.41) is 0. The second-order valence-electron chi connectivity index (χ2n) is 5.76. The van der Waals surface area contributed by atoms with Crippen LogP contribution in [-0.4, -0.2) is 47.9 Å². The Morgan fingerprint density at radius 3 is 2.52 bits per heavy atom. The summed E-state index contributed by atoms with van der Waals surface area (Å²) in [6.45, 7) is 9.94. The van der Waals surface area contributed by atoms with Crippen LogP contribution in [-0.2, 0) is 0 Å². The standard InChI is InChI=1S/C16H26N4O/c1-4-13(3)19-7-9-20(10-8-19)16(21)15-6-5-14(18-17)11-12(15)2/h5-6,11,13,18H,4,7-10,17H2,1-3H3. The van der Waals surface area contributed by atoms with Crippen LogP contribution in [0.15, 0.2) is 18.2 Å². The van der Waals surface area contributed by atoms with E-state index in [4.69, 9.17) is 5.84 Å². The van der Waals surface area contributed by atoms with Gasteiger partial charge < -0.3 is 10.3 Å². The van der Waals surface area contributed by atoms with Crippen molar-refractivity contribution in [1.29, 1.82) is 0 Å². The van der Waals surface area contributed by atoms with Crippen molar-refractivity contribution in [3.8, 4) is 0 Å². The van der Waals surface area contributed by atoms with Gasteiger partial charge in [-0.15, -0.1) is 0 Å². The molecule has 0 saturated carbocycles. The highest BCUT2D eigenvalue weighted by molar-refractivity contribution is 5.96. The molecule has 1 aromatic carbocycles. The van der Waals surface area contributed by atoms with Crippen LogP contribution in [0.4, 0.5) is 5.69 Å². The SMILES string of the molecule is CCC(C)N1CCN(C(=O)c2ccc(NN)cc2C)CC1. The molecule has 5 nitrogen and oxygen atoms in total. The van der Waals surface area contributed by atoms with Crippen LogP contribution in [0.5, 0.6) is 0 Å². The number of rotatable bonds is 4. The van der Waals surface area contributed by atoms with Crippen molar-refractivity contribution < 1.29 is 4.79 Å². The van der Waals surface area contributed by atoms with Gasteiger partial charge in [0.05, 0.1) is 0 Å². The van der Waals surface area contributed by atoms with E-state index < -0.39 is 0 Å². The van der Waals surface area contributed by atoms with Gasteiger partial charge in [0.1, 0.15) is 0 Å². The fourth-order valence-corrected chi connectivity index (χ4v) is 2.79. The number of hydrogen-bond acceptors (Lipinski definition) is 4. The molecule has 21 heavy (non-hydrogen) atoms. The molecule has 0 radical (unpaired) electrons. The van der Waals surface area contributed by atoms with Crippen molar-refractivity contribution in [2.24, 2.45) is 5.84 Å². The molecule has 1 atom stereocenters. The number of hydrazine groups is 1. The first-order valence-electron chi connectivity index (χ1n) is 7.67. The number of aryl methyl sites for hydroxylation is 1. The number of anilines is 1. The highest BCUT2D eigenvalue weighted by Gasteiger charge is 2.24. The van der Waals surface area contributed by atoms with E-state index in [0.29, 0.717) is 6.04 Å². The summed E-state index contributed by atoms with van der Waals surface area (Å²) in [4.78, 5) is 17.0. The van der Waals surface area contributed by atoms with E-state index in [1.807, 2.05) is 30.0 Å². The van der Waals surface area contributed by atoms with Crippen LogP contribution in [0, 0.1) is 6.92 Å². The zero-order chi connectivity index (χ0) is 15.4. The second kappa shape index (κ2) is 6.91. The molecule has 2 rings (SSSR count). The van der Waals surface area contributed by atoms with E-state index >= 15 is 0 Å². The topological polar surface area (TPSA) is 61.6 Å². The Morgan fingerprint density at radius 1 is 1.33 bits per heavy atom. The summed E-state index contributed by atoms with van der Waals surface area (Å²) in [5.41, 5.74) is 5.16. The highest BCUT2D eigenvalue weighted by Crippen LogP contribution is 2.18. The van der Waals surface area contributed by atoms with Gasteiger partial charge >= 0.3 is 0 Å². The monoisotopic (exact) mass is 290 g/mol. The number of nitrogens with zero attached hydrogens (tertiary/aromatic N) is 2. The average Bonchev–Trinajstić information content (AvgIpc) is 2.53. The van der Waals surface area contributed by atoms with E-state index in [-0.39, 0.29) is 5.91 Å². The lowest BCUT2D eigenvalue weighted by molar-refractivity contribution is 0.0579. The Labute approximate surface area is 127 Å². The number of nitrogen functional groups attached to an aromatic ring is 1. The largest absolute Gasteiger partial charge is 0.336 e. The molecule has 3 N–H and O–H groups in total. The first-order valence-corrected chi connectivity index (χ1v) is 7.67. The zero-order valence-corrected chi connectivity index (χ0v) is 13.2. The maximum atomic E-state index is 12.6. The van der Waals surface area contributed by atoms with E-state index in [2.05, 4.69) is 24.2 Å². The number of hydrogen-bond donors (Lipinski definition) is 2. The molecule has 1 saturated heterocycles. The number of carbonyl (C=O) groups is 1. The molecule has 1 aliphatic heterocycles. The Hall–Kier alpha value is -1.59. The van der Waals surface area contributed by atoms with Crippen molar-refractivity contribution in [3.05, 3.63) is 29.3 Å². The van der Waals surface area contributed by atoms with Gasteiger partial charge in [0.15, 0.2) is 0 Å². The third-order valence-electron chi connectivity index (χ3n) is 4.44. The molecular formula is C16H26N4O. The average molecular weight is 290 g/mol. The summed E-state index contributed by atoms with van der Waals surface area (Å²) >= 11 is 0. The molecule has 1 aromatic rings. The minimum absolute atomic E-state index is 0.125. The van der Waals surface area contributed by atoms with Crippen LogP contribution < -0.4 is 11.3 Å². The van der Waals surface area contributed by atoms with Gasteiger partial charge in [0.25, 0.3) is 5.91 Å². The molecule has 0 aromatic heterocycles. The lowest BCUT2D eigenvalue weighted by Gasteiger charge is -2.38. The molecule has 0 aliphatic carbocycles. The summed E-state index contributed by atoms with van der Waals surface area (Å²) in [7, 11) is 0. The fourth-order valence-electron chi connectivity index (χ4n) is 2.79. The minimum atomic E-state index is 0.125. The lowest BCUT2D eigenvalue weighted by Crippen LogP contribution is -2.51. The van der Waals surface area contributed by atoms with Gasteiger partial charge in [-0.25, -0.2) is 0 Å². The quantitative estimate of drug-likeness (QED) is 0.656. The van der Waals surface area contributed by atoms with E-state index in [9.17, 15) is 4.79 Å². The van der Waals surface area contributed by atoms with Gasteiger partial charge in [0.2, 0.25) is 0 Å². The fraction of sp³-hybridized carbons (Fsp3) is 0.562. The van der Waals surface area contributed by atoms with Crippen molar-refractivity contribution in [2.75, 3.05) is 31.6 Å². The number of nitrogens with one attached hydrogen (secondary N) is 1. The van der Waals surface area contributed by atoms with Gasteiger partial charge in [-0.3, -0.25) is 15.5 Å². The van der Waals surface area contributed by atoms with Crippen molar-refractivity contribution >= 4 is 11.6 Å². The number of carbonyl (C=O) groups excluding carboxylic acids is 1. The molecule has 1 fully saturated rings. The lowest BCUT2D eigenvalue weighted by atomic mass is 10.1. The van der Waals surface area contributed by atoms with Gasteiger partial charge in [-0.1, -0.05) is 6.92 Å². The van der Waals surface area contributed by atoms with Crippen LogP contribution in [0.25, 0.3) is 0 Å². The van der Waals surface area contributed by atoms with Crippen molar-refractivity contribution in [1.82, 2.24) is 9.80 Å². The normalized spacial score (nSPS) is 17.6. The van der Waals surface area contributed by atoms with E-state index in [0.717, 1.165) is 49.4 Å². The van der Waals surface area contributed by atoms with Crippen LogP contribution >= 0.6 is 0 Å². The Kier molecular flexibility index (Phi) is 5.20. The molecule has 1 heterocycles. The zero-order valence-electron chi connectivity index (χ0n) is 13.2. The molecule has 1 unspecified atom stereocenters. The summed E-state index contributed by atoms with van der Waals surface area (Å²) < 4.78 is 0. The van der Waals surface area contributed by atoms with Gasteiger partial charge in [-0.05, 0) is 44.0 Å². The molecule has 1 aliphatic rings. The first kappa shape index (κ1) is 15.8. The maximum absolute atomic E-state index is 12.6. The number of benzene rings is 1. The number of amides is 1. The minimum Gasteiger partial charge on any atom is -0.336 e. The third-order valence-corrected chi connectivity index (χ3v) is 4.44. The number of nitrogens with two attached hydrogens (primary N) is 1. The molecule has 0 spiro atoms. The van der Waals surface area contributed by atoms with Crippen LogP contribution in [0.1, 0.15) is 36.2 Å². The Balaban J connectivity index is 2.02. The second-order valence-corrected chi connectivity index (χ2v) is 5.76. The smallest absolute Gasteiger partial charge is 0.254 e.